The maximum Gasteiger partial charge on any atom is 0.334 e. The molecule has 5 nitrogen and oxygen atoms in total. The number of unbranched alkanes of at least 4 members (excludes halogenated alkanes) is 1. The second-order valence-corrected chi connectivity index (χ2v) is 5.73. The van der Waals surface area contributed by atoms with Crippen LogP contribution in [0.25, 0.3) is 0 Å². The number of ketones is 1. The summed E-state index contributed by atoms with van der Waals surface area (Å²) in [6, 6.07) is 0. The van der Waals surface area contributed by atoms with Crippen molar-refractivity contribution in [3.63, 3.8) is 0 Å². The number of carbonyl (C=O) groups excluding carboxylic acids is 3. The first kappa shape index (κ1) is 18.4. The molecule has 1 saturated carbocycles. The molecule has 0 aromatic carbocycles. The van der Waals surface area contributed by atoms with Crippen LogP contribution in [0.1, 0.15) is 58.3 Å². The van der Waals surface area contributed by atoms with Gasteiger partial charge in [-0.2, -0.15) is 0 Å². The Morgan fingerprint density at radius 2 is 1.77 bits per heavy atom. The Morgan fingerprint density at radius 1 is 1.09 bits per heavy atom. The van der Waals surface area contributed by atoms with Gasteiger partial charge >= 0.3 is 11.9 Å². The Labute approximate surface area is 132 Å². The molecule has 0 unspecified atom stereocenters. The molecule has 0 N–H and O–H groups in total. The summed E-state index contributed by atoms with van der Waals surface area (Å²) >= 11 is 0. The van der Waals surface area contributed by atoms with Crippen LogP contribution in [-0.4, -0.2) is 30.9 Å². The molecular formula is C17H26O5. The molecule has 0 aromatic rings. The monoisotopic (exact) mass is 310 g/mol. The summed E-state index contributed by atoms with van der Waals surface area (Å²) in [5, 5.41) is 0. The quantitative estimate of drug-likeness (QED) is 0.372. The topological polar surface area (TPSA) is 69.7 Å². The van der Waals surface area contributed by atoms with Crippen molar-refractivity contribution in [2.75, 3.05) is 13.2 Å². The lowest BCUT2D eigenvalue weighted by Gasteiger charge is -2.20. The van der Waals surface area contributed by atoms with Gasteiger partial charge in [0.25, 0.3) is 0 Å². The number of ether oxygens (including phenoxy) is 2. The molecule has 1 fully saturated rings. The molecule has 124 valence electrons. The van der Waals surface area contributed by atoms with Gasteiger partial charge in [0, 0.05) is 11.5 Å². The molecular weight excluding hydrogens is 284 g/mol. The maximum absolute atomic E-state index is 11.9. The van der Waals surface area contributed by atoms with E-state index in [0.717, 1.165) is 38.5 Å². The Bertz CT molecular complexity index is 407. The lowest BCUT2D eigenvalue weighted by Crippen LogP contribution is -2.24. The van der Waals surface area contributed by atoms with E-state index in [0.29, 0.717) is 6.61 Å². The Morgan fingerprint density at radius 3 is 2.41 bits per heavy atom. The zero-order chi connectivity index (χ0) is 16.4. The van der Waals surface area contributed by atoms with E-state index in [2.05, 4.69) is 6.58 Å². The lowest BCUT2D eigenvalue weighted by atomic mass is 9.86. The van der Waals surface area contributed by atoms with Gasteiger partial charge in [0.1, 0.15) is 0 Å². The maximum atomic E-state index is 11.9. The largest absolute Gasteiger partial charge is 0.465 e. The van der Waals surface area contributed by atoms with E-state index in [1.165, 1.54) is 6.42 Å². The smallest absolute Gasteiger partial charge is 0.334 e. The number of esters is 2. The van der Waals surface area contributed by atoms with Crippen molar-refractivity contribution < 1.29 is 23.9 Å². The zero-order valence-corrected chi connectivity index (χ0v) is 13.4. The van der Waals surface area contributed by atoms with E-state index in [9.17, 15) is 14.4 Å². The van der Waals surface area contributed by atoms with E-state index in [-0.39, 0.29) is 30.3 Å². The fourth-order valence-corrected chi connectivity index (χ4v) is 2.41. The van der Waals surface area contributed by atoms with Gasteiger partial charge in [-0.1, -0.05) is 39.2 Å². The summed E-state index contributed by atoms with van der Waals surface area (Å²) in [6.45, 7) is 5.64. The van der Waals surface area contributed by atoms with Gasteiger partial charge in [-0.25, -0.2) is 4.79 Å². The molecule has 0 aromatic heterocycles. The molecule has 0 radical (unpaired) electrons. The minimum Gasteiger partial charge on any atom is -0.465 e. The van der Waals surface area contributed by atoms with Crippen LogP contribution in [-0.2, 0) is 23.9 Å². The van der Waals surface area contributed by atoms with Gasteiger partial charge in [-0.05, 0) is 19.3 Å². The molecule has 0 atom stereocenters. The summed E-state index contributed by atoms with van der Waals surface area (Å²) in [6.07, 6.45) is 6.56. The average Bonchev–Trinajstić information content (AvgIpc) is 2.53. The van der Waals surface area contributed by atoms with Crippen LogP contribution in [0.4, 0.5) is 0 Å². The highest BCUT2D eigenvalue weighted by molar-refractivity contribution is 5.94. The minimum atomic E-state index is -0.698. The fourth-order valence-electron chi connectivity index (χ4n) is 2.41. The normalized spacial score (nSPS) is 15.1. The Kier molecular flexibility index (Phi) is 8.48. The summed E-state index contributed by atoms with van der Waals surface area (Å²) in [4.78, 5) is 35.1. The first-order chi connectivity index (χ1) is 10.5. The van der Waals surface area contributed by atoms with E-state index in [4.69, 9.17) is 9.47 Å². The van der Waals surface area contributed by atoms with Crippen LogP contribution in [0.3, 0.4) is 0 Å². The van der Waals surface area contributed by atoms with Crippen molar-refractivity contribution in [1.82, 2.24) is 0 Å². The predicted octanol–water partition coefficient (Wildman–Crippen LogP) is 2.97. The third-order valence-corrected chi connectivity index (χ3v) is 3.81. The van der Waals surface area contributed by atoms with Gasteiger partial charge in [-0.3, -0.25) is 9.59 Å². The van der Waals surface area contributed by atoms with Crippen LogP contribution < -0.4 is 0 Å². The van der Waals surface area contributed by atoms with Crippen molar-refractivity contribution in [2.45, 2.75) is 58.3 Å². The van der Waals surface area contributed by atoms with E-state index in [1.807, 2.05) is 6.92 Å². The SMILES string of the molecule is C=C(CC(=O)OCCCC)C(=O)OCC(=O)C1CCCCC1. The van der Waals surface area contributed by atoms with Gasteiger partial charge in [0.2, 0.25) is 0 Å². The number of hydrogen-bond acceptors (Lipinski definition) is 5. The molecule has 0 heterocycles. The Balaban J connectivity index is 2.24. The first-order valence-electron chi connectivity index (χ1n) is 8.07. The van der Waals surface area contributed by atoms with Crippen molar-refractivity contribution in [1.29, 1.82) is 0 Å². The van der Waals surface area contributed by atoms with Gasteiger partial charge in [0.05, 0.1) is 13.0 Å². The summed E-state index contributed by atoms with van der Waals surface area (Å²) < 4.78 is 9.90. The van der Waals surface area contributed by atoms with Gasteiger partial charge in [0.15, 0.2) is 12.4 Å². The van der Waals surface area contributed by atoms with Crippen molar-refractivity contribution in [3.8, 4) is 0 Å². The van der Waals surface area contributed by atoms with Crippen LogP contribution in [0, 0.1) is 5.92 Å². The lowest BCUT2D eigenvalue weighted by molar-refractivity contribution is -0.148. The number of rotatable bonds is 9. The minimum absolute atomic E-state index is 0.00817. The predicted molar refractivity (Wildman–Crippen MR) is 82.2 cm³/mol. The summed E-state index contributed by atoms with van der Waals surface area (Å²) in [7, 11) is 0. The molecule has 1 aliphatic carbocycles. The van der Waals surface area contributed by atoms with E-state index >= 15 is 0 Å². The molecule has 5 heteroatoms. The Hall–Kier alpha value is -1.65. The highest BCUT2D eigenvalue weighted by atomic mass is 16.5. The fraction of sp³-hybridized carbons (Fsp3) is 0.706. The molecule has 0 saturated heterocycles. The highest BCUT2D eigenvalue weighted by Crippen LogP contribution is 2.24. The number of Topliss-reactive ketones (excluding diaryl/α,β-unsaturated/α-hetero) is 1. The highest BCUT2D eigenvalue weighted by Gasteiger charge is 2.23. The van der Waals surface area contributed by atoms with Crippen LogP contribution in [0.5, 0.6) is 0 Å². The van der Waals surface area contributed by atoms with Gasteiger partial charge in [-0.15, -0.1) is 0 Å². The van der Waals surface area contributed by atoms with Crippen molar-refractivity contribution >= 4 is 17.7 Å². The molecule has 0 bridgehead atoms. The van der Waals surface area contributed by atoms with Crippen LogP contribution in [0.2, 0.25) is 0 Å². The number of carbonyl (C=O) groups is 3. The van der Waals surface area contributed by atoms with E-state index < -0.39 is 11.9 Å². The molecule has 0 amide bonds. The second kappa shape index (κ2) is 10.1. The van der Waals surface area contributed by atoms with Gasteiger partial charge < -0.3 is 9.47 Å². The zero-order valence-electron chi connectivity index (χ0n) is 13.4. The molecule has 1 aliphatic rings. The summed E-state index contributed by atoms with van der Waals surface area (Å²) in [5.74, 6) is -1.22. The van der Waals surface area contributed by atoms with E-state index in [1.54, 1.807) is 0 Å². The molecule has 0 spiro atoms. The second-order valence-electron chi connectivity index (χ2n) is 5.73. The van der Waals surface area contributed by atoms with Crippen LogP contribution in [0.15, 0.2) is 12.2 Å². The summed E-state index contributed by atoms with van der Waals surface area (Å²) in [5.41, 5.74) is 0.0259. The van der Waals surface area contributed by atoms with Crippen LogP contribution >= 0.6 is 0 Å². The first-order valence-corrected chi connectivity index (χ1v) is 8.07. The molecule has 22 heavy (non-hydrogen) atoms. The van der Waals surface area contributed by atoms with Crippen molar-refractivity contribution in [3.05, 3.63) is 12.2 Å². The third-order valence-electron chi connectivity index (χ3n) is 3.81. The molecule has 1 rings (SSSR count). The van der Waals surface area contributed by atoms with Crippen molar-refractivity contribution in [2.24, 2.45) is 5.92 Å². The third kappa shape index (κ3) is 6.87. The molecule has 0 aliphatic heterocycles. The number of hydrogen-bond donors (Lipinski definition) is 0. The average molecular weight is 310 g/mol. The standard InChI is InChI=1S/C17H26O5/c1-3-4-10-21-16(19)11-13(2)17(20)22-12-15(18)14-8-6-5-7-9-14/h14H,2-12H2,1H3.